The van der Waals surface area contributed by atoms with Crippen LogP contribution in [0, 0.1) is 0 Å². The van der Waals surface area contributed by atoms with Gasteiger partial charge in [0.25, 0.3) is 0 Å². The summed E-state index contributed by atoms with van der Waals surface area (Å²) in [7, 11) is 0. The number of hydrogen-bond donors (Lipinski definition) is 1. The summed E-state index contributed by atoms with van der Waals surface area (Å²) in [5.74, 6) is -1.63. The summed E-state index contributed by atoms with van der Waals surface area (Å²) in [6.45, 7) is 0. The molecule has 0 aromatic carbocycles. The molecule has 0 amide bonds. The Labute approximate surface area is 59.4 Å². The third kappa shape index (κ3) is 7.61. The average Bonchev–Trinajstić information content (AvgIpc) is 1.59. The molecule has 0 fully saturated rings. The van der Waals surface area contributed by atoms with E-state index in [1.807, 2.05) is 0 Å². The van der Waals surface area contributed by atoms with Crippen molar-refractivity contribution in [2.24, 2.45) is 0 Å². The normalized spacial score (nSPS) is 11.5. The van der Waals surface area contributed by atoms with Crippen LogP contribution in [0.4, 0.5) is 13.2 Å². The van der Waals surface area contributed by atoms with Crippen LogP contribution in [0.25, 0.3) is 0 Å². The first kappa shape index (κ1) is 9.61. The molecule has 0 saturated heterocycles. The lowest BCUT2D eigenvalue weighted by atomic mass is 10.5. The molecule has 0 radical (unpaired) electrons. The zero-order valence-electron chi connectivity index (χ0n) is 4.81. The van der Waals surface area contributed by atoms with E-state index in [1.54, 1.807) is 0 Å². The number of thioether (sulfide) groups is 1. The molecule has 2 nitrogen and oxygen atoms in total. The zero-order valence-corrected chi connectivity index (χ0v) is 5.63. The van der Waals surface area contributed by atoms with Gasteiger partial charge < -0.3 is 5.11 Å². The van der Waals surface area contributed by atoms with Crippen LogP contribution in [0.1, 0.15) is 6.42 Å². The molecule has 0 atom stereocenters. The maximum Gasteiger partial charge on any atom is 0.441 e. The molecule has 0 spiro atoms. The summed E-state index contributed by atoms with van der Waals surface area (Å²) in [4.78, 5) is 9.70. The summed E-state index contributed by atoms with van der Waals surface area (Å²) in [5, 5.41) is 7.93. The zero-order chi connectivity index (χ0) is 8.20. The summed E-state index contributed by atoms with van der Waals surface area (Å²) in [6, 6.07) is 0. The van der Waals surface area contributed by atoms with Crippen LogP contribution >= 0.6 is 11.8 Å². The molecule has 6 heteroatoms. The summed E-state index contributed by atoms with van der Waals surface area (Å²) in [5.41, 5.74) is -4.31. The highest BCUT2D eigenvalue weighted by atomic mass is 32.2. The van der Waals surface area contributed by atoms with Crippen molar-refractivity contribution >= 4 is 17.7 Å². The second-order valence-electron chi connectivity index (χ2n) is 1.44. The van der Waals surface area contributed by atoms with Gasteiger partial charge in [-0.05, 0) is 0 Å². The minimum absolute atomic E-state index is 0.319. The summed E-state index contributed by atoms with van der Waals surface area (Å²) < 4.78 is 33.8. The number of aliphatic carboxylic acids is 1. The first-order chi connectivity index (χ1) is 4.42. The Balaban J connectivity index is 3.29. The van der Waals surface area contributed by atoms with E-state index in [1.165, 1.54) is 0 Å². The monoisotopic (exact) mass is 174 g/mol. The van der Waals surface area contributed by atoms with E-state index >= 15 is 0 Å². The minimum Gasteiger partial charge on any atom is -0.481 e. The molecule has 0 bridgehead atoms. The van der Waals surface area contributed by atoms with Gasteiger partial charge in [0.1, 0.15) is 0 Å². The third-order valence-electron chi connectivity index (χ3n) is 0.582. The number of carboxylic acids is 1. The van der Waals surface area contributed by atoms with Gasteiger partial charge in [0, 0.05) is 5.75 Å². The molecule has 10 heavy (non-hydrogen) atoms. The molecule has 0 aliphatic heterocycles. The number of carbonyl (C=O) groups is 1. The van der Waals surface area contributed by atoms with Crippen LogP contribution in [-0.4, -0.2) is 22.3 Å². The average molecular weight is 174 g/mol. The third-order valence-corrected chi connectivity index (χ3v) is 1.32. The number of alkyl halides is 3. The highest BCUT2D eigenvalue weighted by Gasteiger charge is 2.27. The van der Waals surface area contributed by atoms with Gasteiger partial charge in [-0.25, -0.2) is 0 Å². The highest BCUT2D eigenvalue weighted by molar-refractivity contribution is 8.00. The first-order valence-corrected chi connectivity index (χ1v) is 3.33. The SMILES string of the molecule is O=C(O)CCSC(F)(F)F. The number of hydrogen-bond acceptors (Lipinski definition) is 2. The Morgan fingerprint density at radius 2 is 2.00 bits per heavy atom. The van der Waals surface area contributed by atoms with Gasteiger partial charge in [0.2, 0.25) is 0 Å². The van der Waals surface area contributed by atoms with Crippen LogP contribution in [0.15, 0.2) is 0 Å². The van der Waals surface area contributed by atoms with Crippen LogP contribution < -0.4 is 0 Å². The van der Waals surface area contributed by atoms with Gasteiger partial charge in [-0.15, -0.1) is 0 Å². The van der Waals surface area contributed by atoms with Crippen molar-refractivity contribution < 1.29 is 23.1 Å². The van der Waals surface area contributed by atoms with Crippen molar-refractivity contribution in [3.8, 4) is 0 Å². The predicted octanol–water partition coefficient (Wildman–Crippen LogP) is 1.71. The molecule has 0 aromatic heterocycles. The molecular formula is C4H5F3O2S. The summed E-state index contributed by atoms with van der Waals surface area (Å²) in [6.07, 6.45) is -0.454. The van der Waals surface area contributed by atoms with E-state index in [4.69, 9.17) is 5.11 Å². The van der Waals surface area contributed by atoms with E-state index in [-0.39, 0.29) is 11.8 Å². The lowest BCUT2D eigenvalue weighted by molar-refractivity contribution is -0.136. The molecule has 0 rings (SSSR count). The standard InChI is InChI=1S/C4H5F3O2S/c5-4(6,7)10-2-1-3(8)9/h1-2H2,(H,8,9). The van der Waals surface area contributed by atoms with Crippen molar-refractivity contribution in [1.29, 1.82) is 0 Å². The van der Waals surface area contributed by atoms with Crippen molar-refractivity contribution in [3.05, 3.63) is 0 Å². The summed E-state index contributed by atoms with van der Waals surface area (Å²) >= 11 is -0.319. The van der Waals surface area contributed by atoms with Gasteiger partial charge in [-0.3, -0.25) is 4.79 Å². The largest absolute Gasteiger partial charge is 0.481 e. The van der Waals surface area contributed by atoms with Crippen LogP contribution in [0.5, 0.6) is 0 Å². The maximum atomic E-state index is 11.3. The molecule has 60 valence electrons. The second kappa shape index (κ2) is 3.70. The Bertz CT molecular complexity index is 122. The lowest BCUT2D eigenvalue weighted by Gasteiger charge is -2.01. The second-order valence-corrected chi connectivity index (χ2v) is 2.60. The van der Waals surface area contributed by atoms with Crippen molar-refractivity contribution in [2.45, 2.75) is 11.9 Å². The van der Waals surface area contributed by atoms with Crippen LogP contribution in [-0.2, 0) is 4.79 Å². The molecule has 0 aliphatic rings. The predicted molar refractivity (Wildman–Crippen MR) is 30.8 cm³/mol. The number of halogens is 3. The molecular weight excluding hydrogens is 169 g/mol. The van der Waals surface area contributed by atoms with Gasteiger partial charge in [0.05, 0.1) is 6.42 Å². The van der Waals surface area contributed by atoms with E-state index < -0.39 is 23.7 Å². The fourth-order valence-corrected chi connectivity index (χ4v) is 0.762. The van der Waals surface area contributed by atoms with Gasteiger partial charge in [-0.1, -0.05) is 11.8 Å². The Hall–Kier alpha value is -0.390. The fourth-order valence-electron chi connectivity index (χ4n) is 0.254. The van der Waals surface area contributed by atoms with Crippen molar-refractivity contribution in [2.75, 3.05) is 5.75 Å². The molecule has 0 aromatic rings. The number of rotatable bonds is 3. The quantitative estimate of drug-likeness (QED) is 0.707. The minimum atomic E-state index is -4.31. The Morgan fingerprint density at radius 1 is 1.50 bits per heavy atom. The Kier molecular flexibility index (Phi) is 3.55. The number of carboxylic acid groups (broad SMARTS) is 1. The molecule has 0 heterocycles. The van der Waals surface area contributed by atoms with Gasteiger partial charge >= 0.3 is 11.5 Å². The van der Waals surface area contributed by atoms with Gasteiger partial charge in [-0.2, -0.15) is 13.2 Å². The maximum absolute atomic E-state index is 11.3. The van der Waals surface area contributed by atoms with Gasteiger partial charge in [0.15, 0.2) is 0 Å². The Morgan fingerprint density at radius 3 is 2.30 bits per heavy atom. The molecule has 0 unspecified atom stereocenters. The van der Waals surface area contributed by atoms with Crippen LogP contribution in [0.2, 0.25) is 0 Å². The van der Waals surface area contributed by atoms with E-state index in [2.05, 4.69) is 0 Å². The molecule has 0 saturated carbocycles. The molecule has 0 aliphatic carbocycles. The fraction of sp³-hybridized carbons (Fsp3) is 0.750. The van der Waals surface area contributed by atoms with E-state index in [9.17, 15) is 18.0 Å². The topological polar surface area (TPSA) is 37.3 Å². The lowest BCUT2D eigenvalue weighted by Crippen LogP contribution is -2.04. The van der Waals surface area contributed by atoms with E-state index in [0.717, 1.165) is 0 Å². The molecule has 1 N–H and O–H groups in total. The first-order valence-electron chi connectivity index (χ1n) is 2.34. The van der Waals surface area contributed by atoms with E-state index in [0.29, 0.717) is 0 Å². The highest BCUT2D eigenvalue weighted by Crippen LogP contribution is 2.30. The van der Waals surface area contributed by atoms with Crippen molar-refractivity contribution in [1.82, 2.24) is 0 Å². The van der Waals surface area contributed by atoms with Crippen molar-refractivity contribution in [3.63, 3.8) is 0 Å². The van der Waals surface area contributed by atoms with Crippen LogP contribution in [0.3, 0.4) is 0 Å². The smallest absolute Gasteiger partial charge is 0.441 e.